The standard InChI is InChI=1S/C4H7O4P.C4H7O2.2CH4.Na/c1-2-3(4(5)6)9(7)8;1-3(2)4(5)6;;;/h3H,2H2,1H3,(H,5,6);3H,1H2,2H3,(H,5,6);2*1H4;/q;-1;;;+1/t3-;;;;/m0..../s1. The summed E-state index contributed by atoms with van der Waals surface area (Å²) in [6.45, 7) is 6.29. The molecule has 0 rings (SSSR count). The minimum Gasteiger partial charge on any atom is -0.595 e. The second-order valence-electron chi connectivity index (χ2n) is 2.79. The molecule has 0 aliphatic carbocycles. The van der Waals surface area contributed by atoms with E-state index in [1.807, 2.05) is 0 Å². The average Bonchev–Trinajstić information content (AvgIpc) is 2.04. The van der Waals surface area contributed by atoms with Gasteiger partial charge in [-0.25, -0.2) is 4.79 Å². The quantitative estimate of drug-likeness (QED) is 0.381. The first kappa shape index (κ1) is 30.8. The molecule has 18 heavy (non-hydrogen) atoms. The van der Waals surface area contributed by atoms with E-state index < -0.39 is 31.5 Å². The van der Waals surface area contributed by atoms with Gasteiger partial charge in [-0.05, 0) is 0 Å². The van der Waals surface area contributed by atoms with E-state index in [-0.39, 0.29) is 50.8 Å². The average molecular weight is 292 g/mol. The van der Waals surface area contributed by atoms with Crippen molar-refractivity contribution >= 4 is 20.0 Å². The summed E-state index contributed by atoms with van der Waals surface area (Å²) in [5.74, 6) is -2.60. The van der Waals surface area contributed by atoms with Crippen LogP contribution in [0.1, 0.15) is 35.1 Å². The summed E-state index contributed by atoms with van der Waals surface area (Å²) in [4.78, 5) is 29.7. The van der Waals surface area contributed by atoms with Crippen LogP contribution in [0.5, 0.6) is 0 Å². The maximum atomic E-state index is 10.0. The molecule has 0 fully saturated rings. The molecule has 3 atom stereocenters. The molecule has 0 radical (unpaired) electrons. The minimum atomic E-state index is -2.80. The molecule has 0 spiro atoms. The van der Waals surface area contributed by atoms with Crippen LogP contribution in [0.2, 0.25) is 0 Å². The molecule has 2 N–H and O–H groups in total. The van der Waals surface area contributed by atoms with Crippen molar-refractivity contribution in [2.45, 2.75) is 40.8 Å². The van der Waals surface area contributed by atoms with Crippen LogP contribution in [0, 0.1) is 12.8 Å². The molecule has 0 heterocycles. The van der Waals surface area contributed by atoms with E-state index in [1.165, 1.54) is 13.8 Å². The van der Waals surface area contributed by atoms with Gasteiger partial charge in [-0.3, -0.25) is 4.79 Å². The minimum absolute atomic E-state index is 0. The maximum Gasteiger partial charge on any atom is 1.00 e. The predicted octanol–water partition coefficient (Wildman–Crippen LogP) is -1.23. The molecule has 0 amide bonds. The molecule has 0 bridgehead atoms. The van der Waals surface area contributed by atoms with Gasteiger partial charge in [-0.15, -0.1) is 0 Å². The van der Waals surface area contributed by atoms with Crippen LogP contribution in [0.25, 0.3) is 0 Å². The van der Waals surface area contributed by atoms with Gasteiger partial charge in [-0.2, -0.15) is 0 Å². The SMILES string of the molecule is C.C.CC[C@@H](C(=O)O)[P+](=O)[O-].[CH2-]C(C)C(=O)O.[Na+]. The van der Waals surface area contributed by atoms with Crippen molar-refractivity contribution in [2.24, 2.45) is 5.92 Å². The molecule has 8 heteroatoms. The van der Waals surface area contributed by atoms with Gasteiger partial charge < -0.3 is 22.0 Å². The number of hydrogen-bond acceptors (Lipinski definition) is 4. The van der Waals surface area contributed by atoms with Crippen molar-refractivity contribution in [1.29, 1.82) is 0 Å². The first-order chi connectivity index (χ1) is 6.73. The molecule has 0 aromatic heterocycles. The Balaban J connectivity index is -0.0000000566. The van der Waals surface area contributed by atoms with Crippen LogP contribution in [-0.4, -0.2) is 27.8 Å². The van der Waals surface area contributed by atoms with E-state index in [4.69, 9.17) is 10.2 Å². The number of rotatable bonds is 4. The number of carbonyl (C=O) groups is 2. The van der Waals surface area contributed by atoms with Crippen LogP contribution in [-0.2, 0) is 14.2 Å². The first-order valence-corrected chi connectivity index (χ1v) is 5.40. The molecule has 0 saturated carbocycles. The molecule has 0 saturated heterocycles. The Kier molecular flexibility index (Phi) is 29.1. The predicted molar refractivity (Wildman–Crippen MR) is 64.9 cm³/mol. The molecule has 6 nitrogen and oxygen atoms in total. The van der Waals surface area contributed by atoms with Crippen molar-refractivity contribution in [2.75, 3.05) is 0 Å². The summed E-state index contributed by atoms with van der Waals surface area (Å²) >= 11 is 0. The molecule has 0 aromatic carbocycles. The Labute approximate surface area is 132 Å². The maximum absolute atomic E-state index is 10.0. The zero-order valence-corrected chi connectivity index (χ0v) is 12.4. The van der Waals surface area contributed by atoms with Crippen molar-refractivity contribution in [3.63, 3.8) is 0 Å². The summed E-state index contributed by atoms with van der Waals surface area (Å²) in [7, 11) is -2.80. The number of carboxylic acid groups (broad SMARTS) is 2. The zero-order chi connectivity index (χ0) is 12.6. The van der Waals surface area contributed by atoms with E-state index in [2.05, 4.69) is 6.92 Å². The van der Waals surface area contributed by atoms with Gasteiger partial charge in [0.25, 0.3) is 5.97 Å². The summed E-state index contributed by atoms with van der Waals surface area (Å²) in [5, 5.41) is 16.1. The molecule has 0 aliphatic heterocycles. The third-order valence-electron chi connectivity index (χ3n) is 1.35. The molecule has 0 aromatic rings. The van der Waals surface area contributed by atoms with E-state index in [0.717, 1.165) is 0 Å². The molecule has 0 aliphatic rings. The Hall–Kier alpha value is 0. The summed E-state index contributed by atoms with van der Waals surface area (Å²) in [5.41, 5.74) is -1.21. The third-order valence-corrected chi connectivity index (χ3v) is 2.44. The van der Waals surface area contributed by atoms with Gasteiger partial charge >= 0.3 is 43.6 Å². The molecular weight excluding hydrogens is 270 g/mol. The van der Waals surface area contributed by atoms with Gasteiger partial charge in [0.2, 0.25) is 5.66 Å². The fourth-order valence-corrected chi connectivity index (χ4v) is 0.892. The van der Waals surface area contributed by atoms with E-state index in [9.17, 15) is 19.0 Å². The summed E-state index contributed by atoms with van der Waals surface area (Å²) < 4.78 is 10.0. The fraction of sp³-hybridized carbons (Fsp3) is 0.700. The second kappa shape index (κ2) is 17.0. The zero-order valence-electron chi connectivity index (χ0n) is 9.54. The van der Waals surface area contributed by atoms with Crippen molar-refractivity contribution in [1.82, 2.24) is 0 Å². The Bertz CT molecular complexity index is 231. The van der Waals surface area contributed by atoms with E-state index in [0.29, 0.717) is 0 Å². The summed E-state index contributed by atoms with van der Waals surface area (Å²) in [6, 6.07) is 0. The van der Waals surface area contributed by atoms with Crippen LogP contribution in [0.4, 0.5) is 0 Å². The number of aliphatic carboxylic acids is 2. The Morgan fingerprint density at radius 3 is 1.56 bits per heavy atom. The van der Waals surface area contributed by atoms with E-state index >= 15 is 0 Å². The van der Waals surface area contributed by atoms with Gasteiger partial charge in [-0.1, -0.05) is 39.2 Å². The molecule has 104 valence electrons. The summed E-state index contributed by atoms with van der Waals surface area (Å²) in [6.07, 6.45) is 0.133. The first-order valence-electron chi connectivity index (χ1n) is 4.16. The number of hydrogen-bond donors (Lipinski definition) is 2. The van der Waals surface area contributed by atoms with Gasteiger partial charge in [0.1, 0.15) is 0 Å². The van der Waals surface area contributed by atoms with E-state index in [1.54, 1.807) is 0 Å². The molecular formula is C10H22NaO6P. The van der Waals surface area contributed by atoms with Crippen molar-refractivity contribution in [3.05, 3.63) is 6.92 Å². The smallest absolute Gasteiger partial charge is 0.595 e. The fourth-order valence-electron chi connectivity index (χ4n) is 0.414. The second-order valence-corrected chi connectivity index (χ2v) is 3.98. The normalized spacial score (nSPS) is 11.9. The Morgan fingerprint density at radius 2 is 1.56 bits per heavy atom. The third kappa shape index (κ3) is 18.4. The van der Waals surface area contributed by atoms with Gasteiger partial charge in [0, 0.05) is 6.42 Å². The largest absolute Gasteiger partial charge is 1.00 e. The van der Waals surface area contributed by atoms with Crippen LogP contribution >= 0.6 is 8.03 Å². The monoisotopic (exact) mass is 292 g/mol. The number of carboxylic acids is 2. The van der Waals surface area contributed by atoms with Crippen LogP contribution in [0.15, 0.2) is 0 Å². The Morgan fingerprint density at radius 1 is 1.28 bits per heavy atom. The molecule has 2 unspecified atom stereocenters. The van der Waals surface area contributed by atoms with Crippen molar-refractivity contribution < 1.29 is 58.8 Å². The van der Waals surface area contributed by atoms with Crippen LogP contribution < -0.4 is 34.5 Å². The van der Waals surface area contributed by atoms with Gasteiger partial charge in [0.15, 0.2) is 0 Å². The van der Waals surface area contributed by atoms with Crippen LogP contribution in [0.3, 0.4) is 0 Å². The van der Waals surface area contributed by atoms with Gasteiger partial charge in [0.05, 0.1) is 0 Å². The topological polar surface area (TPSA) is 115 Å². The van der Waals surface area contributed by atoms with Crippen molar-refractivity contribution in [3.8, 4) is 0 Å².